The molecule has 1 nitrogen and oxygen atoms in total. The molecular formula is C17H21N. The molecule has 1 heteroatoms. The second kappa shape index (κ2) is 3.74. The van der Waals surface area contributed by atoms with Gasteiger partial charge >= 0.3 is 0 Å². The van der Waals surface area contributed by atoms with Crippen LogP contribution in [-0.4, -0.2) is 4.57 Å². The number of nitrogens with zero attached hydrogens (tertiary/aromatic N) is 1. The third-order valence-corrected chi connectivity index (χ3v) is 4.77. The fourth-order valence-corrected chi connectivity index (χ4v) is 3.45. The first-order valence-electron chi connectivity index (χ1n) is 6.78. The number of fused-ring (bicyclic) bond motifs is 3. The number of allylic oxidation sites excluding steroid dienone is 1. The molecule has 1 aromatic heterocycles. The summed E-state index contributed by atoms with van der Waals surface area (Å²) in [5, 5.41) is 1.41. The summed E-state index contributed by atoms with van der Waals surface area (Å²) in [6.45, 7) is 9.16. The molecule has 0 saturated carbocycles. The lowest BCUT2D eigenvalue weighted by Crippen LogP contribution is -2.15. The lowest BCUT2D eigenvalue weighted by molar-refractivity contribution is 0.529. The van der Waals surface area contributed by atoms with E-state index in [0.29, 0.717) is 11.8 Å². The third kappa shape index (κ3) is 1.33. The first-order chi connectivity index (χ1) is 8.52. The van der Waals surface area contributed by atoms with Gasteiger partial charge < -0.3 is 4.57 Å². The van der Waals surface area contributed by atoms with Crippen molar-refractivity contribution in [2.75, 3.05) is 0 Å². The smallest absolute Gasteiger partial charge is 0.0515 e. The standard InChI is InChI=1S/C17H21N/c1-10-7-6-8-14-15-9-11(2)12(3)13(4)17(15)18(5)16(10)14/h6-9,12-13H,1-5H3. The molecule has 0 spiro atoms. The van der Waals surface area contributed by atoms with Crippen LogP contribution in [0.5, 0.6) is 0 Å². The Hall–Kier alpha value is -1.50. The summed E-state index contributed by atoms with van der Waals surface area (Å²) in [5.74, 6) is 1.24. The molecule has 18 heavy (non-hydrogen) atoms. The third-order valence-electron chi connectivity index (χ3n) is 4.77. The molecule has 0 radical (unpaired) electrons. The molecule has 94 valence electrons. The highest BCUT2D eigenvalue weighted by molar-refractivity contribution is 5.94. The number of aromatic nitrogens is 1. The van der Waals surface area contributed by atoms with Crippen LogP contribution in [0.25, 0.3) is 17.0 Å². The minimum atomic E-state index is 0.599. The average molecular weight is 239 g/mol. The average Bonchev–Trinajstić information content (AvgIpc) is 2.61. The maximum absolute atomic E-state index is 2.41. The van der Waals surface area contributed by atoms with Crippen molar-refractivity contribution in [2.45, 2.75) is 33.6 Å². The van der Waals surface area contributed by atoms with Crippen LogP contribution in [0.4, 0.5) is 0 Å². The van der Waals surface area contributed by atoms with Crippen molar-refractivity contribution in [3.8, 4) is 0 Å². The van der Waals surface area contributed by atoms with Crippen molar-refractivity contribution in [3.63, 3.8) is 0 Å². The molecule has 0 saturated heterocycles. The molecule has 2 atom stereocenters. The zero-order valence-corrected chi connectivity index (χ0v) is 11.9. The summed E-state index contributed by atoms with van der Waals surface area (Å²) in [7, 11) is 2.21. The van der Waals surface area contributed by atoms with Gasteiger partial charge in [-0.25, -0.2) is 0 Å². The van der Waals surface area contributed by atoms with Crippen LogP contribution < -0.4 is 0 Å². The van der Waals surface area contributed by atoms with Crippen molar-refractivity contribution in [3.05, 3.63) is 40.6 Å². The number of benzene rings is 1. The molecule has 0 fully saturated rings. The molecule has 0 N–H and O–H groups in total. The molecule has 0 bridgehead atoms. The Balaban J connectivity index is 2.45. The van der Waals surface area contributed by atoms with E-state index in [1.165, 1.54) is 33.3 Å². The van der Waals surface area contributed by atoms with Crippen molar-refractivity contribution >= 4 is 17.0 Å². The van der Waals surface area contributed by atoms with E-state index < -0.39 is 0 Å². The van der Waals surface area contributed by atoms with Gasteiger partial charge in [0.05, 0.1) is 5.52 Å². The largest absolute Gasteiger partial charge is 0.347 e. The highest BCUT2D eigenvalue weighted by Crippen LogP contribution is 2.42. The Morgan fingerprint density at radius 2 is 1.78 bits per heavy atom. The molecule has 0 amide bonds. The normalized spacial score (nSPS) is 23.1. The maximum atomic E-state index is 2.41. The Bertz CT molecular complexity index is 658. The van der Waals surface area contributed by atoms with E-state index in [0.717, 1.165) is 0 Å². The molecule has 1 aliphatic rings. The second-order valence-corrected chi connectivity index (χ2v) is 5.79. The summed E-state index contributed by atoms with van der Waals surface area (Å²) < 4.78 is 2.41. The van der Waals surface area contributed by atoms with E-state index in [4.69, 9.17) is 0 Å². The summed E-state index contributed by atoms with van der Waals surface area (Å²) in [4.78, 5) is 0. The van der Waals surface area contributed by atoms with Crippen molar-refractivity contribution < 1.29 is 0 Å². The number of para-hydroxylation sites is 1. The van der Waals surface area contributed by atoms with Crippen LogP contribution in [0.1, 0.15) is 43.5 Å². The van der Waals surface area contributed by atoms with E-state index >= 15 is 0 Å². The second-order valence-electron chi connectivity index (χ2n) is 5.79. The van der Waals surface area contributed by atoms with Crippen molar-refractivity contribution in [2.24, 2.45) is 13.0 Å². The van der Waals surface area contributed by atoms with Crippen LogP contribution in [0.3, 0.4) is 0 Å². The molecule has 2 aromatic rings. The molecule has 3 rings (SSSR count). The summed E-state index contributed by atoms with van der Waals surface area (Å²) >= 11 is 0. The van der Waals surface area contributed by atoms with E-state index in [1.807, 2.05) is 0 Å². The highest BCUT2D eigenvalue weighted by atomic mass is 15.0. The van der Waals surface area contributed by atoms with Gasteiger partial charge in [0.1, 0.15) is 0 Å². The quantitative estimate of drug-likeness (QED) is 0.631. The first kappa shape index (κ1) is 11.6. The lowest BCUT2D eigenvalue weighted by atomic mass is 9.80. The van der Waals surface area contributed by atoms with Gasteiger partial charge in [-0.3, -0.25) is 0 Å². The number of hydrogen-bond acceptors (Lipinski definition) is 0. The minimum absolute atomic E-state index is 0.599. The highest BCUT2D eigenvalue weighted by Gasteiger charge is 2.28. The topological polar surface area (TPSA) is 4.93 Å². The van der Waals surface area contributed by atoms with Gasteiger partial charge in [0, 0.05) is 29.6 Å². The van der Waals surface area contributed by atoms with Crippen LogP contribution >= 0.6 is 0 Å². The van der Waals surface area contributed by atoms with E-state index in [1.54, 1.807) is 0 Å². The fourth-order valence-electron chi connectivity index (χ4n) is 3.45. The molecule has 2 unspecified atom stereocenters. The maximum Gasteiger partial charge on any atom is 0.0515 e. The SMILES string of the molecule is CC1=Cc2c(n(C)c3c(C)cccc23)C(C)C1C. The first-order valence-corrected chi connectivity index (χ1v) is 6.78. The van der Waals surface area contributed by atoms with Crippen LogP contribution in [0.15, 0.2) is 23.8 Å². The zero-order valence-electron chi connectivity index (χ0n) is 11.9. The van der Waals surface area contributed by atoms with Crippen molar-refractivity contribution in [1.29, 1.82) is 0 Å². The van der Waals surface area contributed by atoms with E-state index in [-0.39, 0.29) is 0 Å². The summed E-state index contributed by atoms with van der Waals surface area (Å²) in [5.41, 5.74) is 7.21. The van der Waals surface area contributed by atoms with Gasteiger partial charge in [0.25, 0.3) is 0 Å². The van der Waals surface area contributed by atoms with Gasteiger partial charge in [-0.15, -0.1) is 0 Å². The van der Waals surface area contributed by atoms with E-state index in [9.17, 15) is 0 Å². The van der Waals surface area contributed by atoms with Crippen LogP contribution in [0, 0.1) is 12.8 Å². The van der Waals surface area contributed by atoms with Crippen molar-refractivity contribution in [1.82, 2.24) is 4.57 Å². The van der Waals surface area contributed by atoms with Gasteiger partial charge in [-0.05, 0) is 25.3 Å². The Kier molecular flexibility index (Phi) is 2.41. The predicted octanol–water partition coefficient (Wildman–Crippen LogP) is 4.64. The van der Waals surface area contributed by atoms with Crippen LogP contribution in [0.2, 0.25) is 0 Å². The predicted molar refractivity (Wildman–Crippen MR) is 78.9 cm³/mol. The van der Waals surface area contributed by atoms with Gasteiger partial charge in [-0.1, -0.05) is 43.7 Å². The fraction of sp³-hybridized carbons (Fsp3) is 0.412. The lowest BCUT2D eigenvalue weighted by Gasteiger charge is -2.27. The number of hydrogen-bond donors (Lipinski definition) is 0. The summed E-state index contributed by atoms with van der Waals surface area (Å²) in [6, 6.07) is 6.63. The molecule has 0 aliphatic heterocycles. The number of rotatable bonds is 0. The molecule has 1 aliphatic carbocycles. The minimum Gasteiger partial charge on any atom is -0.347 e. The molecule has 1 aromatic carbocycles. The zero-order chi connectivity index (χ0) is 13.0. The van der Waals surface area contributed by atoms with Crippen LogP contribution in [-0.2, 0) is 7.05 Å². The summed E-state index contributed by atoms with van der Waals surface area (Å²) in [6.07, 6.45) is 2.39. The van der Waals surface area contributed by atoms with E-state index in [2.05, 4.69) is 63.6 Å². The molecular weight excluding hydrogens is 218 g/mol. The Morgan fingerprint density at radius 3 is 2.50 bits per heavy atom. The Morgan fingerprint density at radius 1 is 1.06 bits per heavy atom. The van der Waals surface area contributed by atoms with Gasteiger partial charge in [0.2, 0.25) is 0 Å². The monoisotopic (exact) mass is 239 g/mol. The Labute approximate surface area is 109 Å². The van der Waals surface area contributed by atoms with Gasteiger partial charge in [-0.2, -0.15) is 0 Å². The number of aryl methyl sites for hydroxylation is 2. The molecule has 1 heterocycles. The van der Waals surface area contributed by atoms with Gasteiger partial charge in [0.15, 0.2) is 0 Å².